The van der Waals surface area contributed by atoms with E-state index in [0.29, 0.717) is 17.9 Å². The van der Waals surface area contributed by atoms with Gasteiger partial charge < -0.3 is 10.1 Å². The third kappa shape index (κ3) is 4.89. The molecule has 1 saturated carbocycles. The molecule has 1 aliphatic carbocycles. The Hall–Kier alpha value is -0.730. The number of anilines is 1. The summed E-state index contributed by atoms with van der Waals surface area (Å²) < 4.78 is 6.18. The second-order valence-corrected chi connectivity index (χ2v) is 7.05. The quantitative estimate of drug-likeness (QED) is 0.727. The molecule has 0 spiro atoms. The van der Waals surface area contributed by atoms with Crippen molar-refractivity contribution in [2.45, 2.75) is 46.1 Å². The highest BCUT2D eigenvalue weighted by Crippen LogP contribution is 2.35. The van der Waals surface area contributed by atoms with Gasteiger partial charge in [0, 0.05) is 6.54 Å². The molecule has 21 heavy (non-hydrogen) atoms. The van der Waals surface area contributed by atoms with E-state index in [4.69, 9.17) is 16.3 Å². The Morgan fingerprint density at radius 3 is 2.76 bits per heavy atom. The summed E-state index contributed by atoms with van der Waals surface area (Å²) in [4.78, 5) is 0. The lowest BCUT2D eigenvalue weighted by Gasteiger charge is -2.37. The van der Waals surface area contributed by atoms with Crippen molar-refractivity contribution in [3.63, 3.8) is 0 Å². The van der Waals surface area contributed by atoms with E-state index in [9.17, 15) is 0 Å². The molecule has 1 aromatic rings. The molecule has 3 unspecified atom stereocenters. The summed E-state index contributed by atoms with van der Waals surface area (Å²) in [6, 6.07) is 7.84. The van der Waals surface area contributed by atoms with Gasteiger partial charge in [-0.25, -0.2) is 0 Å². The van der Waals surface area contributed by atoms with Crippen molar-refractivity contribution in [1.82, 2.24) is 0 Å². The van der Waals surface area contributed by atoms with Crippen LogP contribution in [0, 0.1) is 17.8 Å². The molecule has 0 radical (unpaired) electrons. The molecule has 1 fully saturated rings. The van der Waals surface area contributed by atoms with Crippen LogP contribution in [0.25, 0.3) is 0 Å². The molecule has 118 valence electrons. The van der Waals surface area contributed by atoms with E-state index >= 15 is 0 Å². The van der Waals surface area contributed by atoms with Crippen LogP contribution in [0.2, 0.25) is 5.02 Å². The molecular weight excluding hydrogens is 282 g/mol. The maximum Gasteiger partial charge on any atom is 0.0642 e. The number of hydrogen-bond donors (Lipinski definition) is 1. The first-order valence-corrected chi connectivity index (χ1v) is 8.55. The zero-order chi connectivity index (χ0) is 15.2. The van der Waals surface area contributed by atoms with Gasteiger partial charge in [0.05, 0.1) is 23.4 Å². The van der Waals surface area contributed by atoms with E-state index in [2.05, 4.69) is 26.1 Å². The number of rotatable bonds is 6. The summed E-state index contributed by atoms with van der Waals surface area (Å²) in [7, 11) is 0. The van der Waals surface area contributed by atoms with Crippen LogP contribution in [0.4, 0.5) is 5.69 Å². The third-order valence-corrected chi connectivity index (χ3v) is 4.91. The molecule has 2 nitrogen and oxygen atoms in total. The van der Waals surface area contributed by atoms with Gasteiger partial charge in [0.15, 0.2) is 0 Å². The Morgan fingerprint density at radius 1 is 1.29 bits per heavy atom. The largest absolute Gasteiger partial charge is 0.382 e. The fourth-order valence-electron chi connectivity index (χ4n) is 3.31. The summed E-state index contributed by atoms with van der Waals surface area (Å²) in [6.07, 6.45) is 4.28. The van der Waals surface area contributed by atoms with Gasteiger partial charge >= 0.3 is 0 Å². The Bertz CT molecular complexity index is 435. The number of benzene rings is 1. The lowest BCUT2D eigenvalue weighted by molar-refractivity contribution is -0.0340. The summed E-state index contributed by atoms with van der Waals surface area (Å²) in [5.41, 5.74) is 0.986. The van der Waals surface area contributed by atoms with Crippen LogP contribution in [0.1, 0.15) is 40.0 Å². The van der Waals surface area contributed by atoms with Crippen LogP contribution in [-0.4, -0.2) is 19.3 Å². The number of ether oxygens (including phenoxy) is 1. The van der Waals surface area contributed by atoms with Crippen LogP contribution in [0.15, 0.2) is 24.3 Å². The number of hydrogen-bond acceptors (Lipinski definition) is 2. The third-order valence-electron chi connectivity index (χ3n) is 4.58. The summed E-state index contributed by atoms with van der Waals surface area (Å²) >= 11 is 6.13. The molecule has 0 amide bonds. The second-order valence-electron chi connectivity index (χ2n) is 6.64. The molecule has 3 atom stereocenters. The summed E-state index contributed by atoms with van der Waals surface area (Å²) in [5, 5.41) is 4.12. The molecule has 0 aromatic heterocycles. The van der Waals surface area contributed by atoms with E-state index in [1.807, 2.05) is 24.3 Å². The first-order chi connectivity index (χ1) is 10.1. The van der Waals surface area contributed by atoms with Gasteiger partial charge in [0.25, 0.3) is 0 Å². The van der Waals surface area contributed by atoms with Crippen LogP contribution >= 0.6 is 11.6 Å². The molecule has 1 aliphatic rings. The molecule has 0 bridgehead atoms. The monoisotopic (exact) mass is 309 g/mol. The SMILES string of the molecule is CC1CCC(C(C)C)C(OCCNc2ccccc2Cl)C1. The van der Waals surface area contributed by atoms with Crippen molar-refractivity contribution in [2.75, 3.05) is 18.5 Å². The predicted octanol–water partition coefficient (Wildman–Crippen LogP) is 5.23. The molecular formula is C18H28ClNO. The Balaban J connectivity index is 1.77. The Kier molecular flexibility index (Phi) is 6.38. The van der Waals surface area contributed by atoms with Crippen molar-refractivity contribution < 1.29 is 4.74 Å². The maximum absolute atomic E-state index is 6.18. The molecule has 3 heteroatoms. The lowest BCUT2D eigenvalue weighted by Crippen LogP contribution is -2.35. The van der Waals surface area contributed by atoms with E-state index in [0.717, 1.165) is 29.8 Å². The van der Waals surface area contributed by atoms with Crippen molar-refractivity contribution in [2.24, 2.45) is 17.8 Å². The lowest BCUT2D eigenvalue weighted by atomic mass is 9.75. The second kappa shape index (κ2) is 8.05. The summed E-state index contributed by atoms with van der Waals surface area (Å²) in [5.74, 6) is 2.21. The average molecular weight is 310 g/mol. The highest BCUT2D eigenvalue weighted by atomic mass is 35.5. The number of halogens is 1. The minimum absolute atomic E-state index is 0.418. The summed E-state index contributed by atoms with van der Waals surface area (Å²) in [6.45, 7) is 8.53. The fraction of sp³-hybridized carbons (Fsp3) is 0.667. The minimum Gasteiger partial charge on any atom is -0.382 e. The highest BCUT2D eigenvalue weighted by Gasteiger charge is 2.31. The first kappa shape index (κ1) is 16.6. The van der Waals surface area contributed by atoms with Gasteiger partial charge in [0.2, 0.25) is 0 Å². The van der Waals surface area contributed by atoms with Crippen molar-refractivity contribution in [1.29, 1.82) is 0 Å². The van der Waals surface area contributed by atoms with Crippen LogP contribution in [0.5, 0.6) is 0 Å². The Labute approximate surface area is 134 Å². The molecule has 0 aliphatic heterocycles. The molecule has 2 rings (SSSR count). The average Bonchev–Trinajstić information content (AvgIpc) is 2.45. The van der Waals surface area contributed by atoms with Gasteiger partial charge in [-0.1, -0.05) is 50.9 Å². The van der Waals surface area contributed by atoms with Crippen molar-refractivity contribution >= 4 is 17.3 Å². The fourth-order valence-corrected chi connectivity index (χ4v) is 3.51. The molecule has 1 N–H and O–H groups in total. The van der Waals surface area contributed by atoms with Crippen molar-refractivity contribution in [3.8, 4) is 0 Å². The molecule has 0 saturated heterocycles. The standard InChI is InChI=1S/C18H28ClNO/c1-13(2)15-9-8-14(3)12-18(15)21-11-10-20-17-7-5-4-6-16(17)19/h4-7,13-15,18,20H,8-12H2,1-3H3. The van der Waals surface area contributed by atoms with Crippen molar-refractivity contribution in [3.05, 3.63) is 29.3 Å². The zero-order valence-corrected chi connectivity index (χ0v) is 14.2. The van der Waals surface area contributed by atoms with E-state index in [1.165, 1.54) is 19.3 Å². The van der Waals surface area contributed by atoms with E-state index in [1.54, 1.807) is 0 Å². The Morgan fingerprint density at radius 2 is 2.05 bits per heavy atom. The topological polar surface area (TPSA) is 21.3 Å². The number of nitrogens with one attached hydrogen (secondary N) is 1. The smallest absolute Gasteiger partial charge is 0.0642 e. The first-order valence-electron chi connectivity index (χ1n) is 8.18. The van der Waals surface area contributed by atoms with Gasteiger partial charge in [-0.05, 0) is 42.7 Å². The zero-order valence-electron chi connectivity index (χ0n) is 13.4. The van der Waals surface area contributed by atoms with Gasteiger partial charge in [-0.15, -0.1) is 0 Å². The maximum atomic E-state index is 6.18. The van der Waals surface area contributed by atoms with Gasteiger partial charge in [-0.2, -0.15) is 0 Å². The minimum atomic E-state index is 0.418. The van der Waals surface area contributed by atoms with Crippen LogP contribution in [-0.2, 0) is 4.74 Å². The predicted molar refractivity (Wildman–Crippen MR) is 91.0 cm³/mol. The number of para-hydroxylation sites is 1. The molecule has 1 aromatic carbocycles. The molecule has 0 heterocycles. The normalized spacial score (nSPS) is 26.0. The van der Waals surface area contributed by atoms with Crippen LogP contribution < -0.4 is 5.32 Å². The van der Waals surface area contributed by atoms with E-state index < -0.39 is 0 Å². The highest BCUT2D eigenvalue weighted by molar-refractivity contribution is 6.33. The van der Waals surface area contributed by atoms with Crippen LogP contribution in [0.3, 0.4) is 0 Å². The van der Waals surface area contributed by atoms with Gasteiger partial charge in [0.1, 0.15) is 0 Å². The van der Waals surface area contributed by atoms with Gasteiger partial charge in [-0.3, -0.25) is 0 Å². The van der Waals surface area contributed by atoms with E-state index in [-0.39, 0.29) is 0 Å².